The first-order valence-corrected chi connectivity index (χ1v) is 17.8. The van der Waals surface area contributed by atoms with Crippen LogP contribution in [0.25, 0.3) is 22.0 Å². The maximum atomic E-state index is 14.4. The van der Waals surface area contributed by atoms with Gasteiger partial charge in [0, 0.05) is 36.3 Å². The lowest BCUT2D eigenvalue weighted by Gasteiger charge is -2.27. The Morgan fingerprint density at radius 3 is 2.35 bits per heavy atom. The third kappa shape index (κ3) is 6.86. The highest BCUT2D eigenvalue weighted by atomic mass is 19.4. The number of alkyl halides is 3. The molecule has 51 heavy (non-hydrogen) atoms. The highest BCUT2D eigenvalue weighted by Crippen LogP contribution is 2.62. The molecular weight excluding hydrogens is 659 g/mol. The molecule has 2 fully saturated rings. The van der Waals surface area contributed by atoms with Crippen molar-refractivity contribution in [2.75, 3.05) is 5.32 Å². The molecule has 0 unspecified atom stereocenters. The summed E-state index contributed by atoms with van der Waals surface area (Å²) in [5.41, 5.74) is 2.66. The van der Waals surface area contributed by atoms with Gasteiger partial charge in [-0.05, 0) is 86.3 Å². The quantitative estimate of drug-likeness (QED) is 0.220. The molecule has 0 radical (unpaired) electrons. The minimum atomic E-state index is -4.67. The minimum absolute atomic E-state index is 0.159. The molecule has 1 aliphatic carbocycles. The summed E-state index contributed by atoms with van der Waals surface area (Å²) >= 11 is 0. The summed E-state index contributed by atoms with van der Waals surface area (Å²) in [6.45, 7) is 4.66. The van der Waals surface area contributed by atoms with Crippen molar-refractivity contribution in [3.05, 3.63) is 65.0 Å². The zero-order chi connectivity index (χ0) is 36.1. The predicted octanol–water partition coefficient (Wildman–Crippen LogP) is 7.40. The highest BCUT2D eigenvalue weighted by Gasteiger charge is 2.66. The van der Waals surface area contributed by atoms with Crippen molar-refractivity contribution in [3.8, 4) is 11.1 Å². The van der Waals surface area contributed by atoms with Crippen LogP contribution in [0, 0.1) is 19.3 Å². The van der Waals surface area contributed by atoms with E-state index in [9.17, 15) is 27.6 Å². The number of aryl methyl sites for hydroxylation is 3. The van der Waals surface area contributed by atoms with Crippen LogP contribution in [0.1, 0.15) is 104 Å². The number of anilines is 1. The molecule has 1 N–H and O–H groups in total. The van der Waals surface area contributed by atoms with E-state index < -0.39 is 23.8 Å². The minimum Gasteiger partial charge on any atom is -0.325 e. The summed E-state index contributed by atoms with van der Waals surface area (Å²) in [6.07, 6.45) is 9.02. The number of halogens is 3. The Morgan fingerprint density at radius 2 is 1.65 bits per heavy atom. The van der Waals surface area contributed by atoms with Gasteiger partial charge in [0.05, 0.1) is 5.52 Å². The first-order chi connectivity index (χ1) is 24.3. The highest BCUT2D eigenvalue weighted by molar-refractivity contribution is 6.07. The average molecular weight is 702 g/mol. The second kappa shape index (κ2) is 13.5. The van der Waals surface area contributed by atoms with Crippen molar-refractivity contribution in [1.82, 2.24) is 29.6 Å². The predicted molar refractivity (Wildman–Crippen MR) is 185 cm³/mol. The molecule has 0 spiro atoms. The van der Waals surface area contributed by atoms with Gasteiger partial charge in [0.15, 0.2) is 5.78 Å². The Morgan fingerprint density at radius 1 is 0.941 bits per heavy atom. The molecular formula is C38H42F3N7O3. The number of aromatic nitrogens is 5. The molecule has 1 aromatic carbocycles. The van der Waals surface area contributed by atoms with Crippen LogP contribution in [0.2, 0.25) is 0 Å². The van der Waals surface area contributed by atoms with Crippen molar-refractivity contribution in [3.63, 3.8) is 0 Å². The van der Waals surface area contributed by atoms with Gasteiger partial charge in [-0.15, -0.1) is 0 Å². The molecule has 5 heterocycles. The Hall–Kier alpha value is -4.68. The molecule has 7 rings (SSSR count). The van der Waals surface area contributed by atoms with E-state index in [-0.39, 0.29) is 41.2 Å². The molecule has 2 aliphatic heterocycles. The zero-order valence-corrected chi connectivity index (χ0v) is 29.1. The number of hydrogen-bond acceptors (Lipinski definition) is 7. The fourth-order valence-corrected chi connectivity index (χ4v) is 8.15. The molecule has 3 aliphatic rings. The molecule has 1 saturated carbocycles. The number of rotatable bonds is 4. The molecule has 10 nitrogen and oxygen atoms in total. The van der Waals surface area contributed by atoms with Gasteiger partial charge in [-0.2, -0.15) is 18.3 Å². The van der Waals surface area contributed by atoms with Crippen molar-refractivity contribution in [2.45, 2.75) is 116 Å². The van der Waals surface area contributed by atoms with Crippen LogP contribution < -0.4 is 5.32 Å². The van der Waals surface area contributed by atoms with Crippen molar-refractivity contribution in [2.24, 2.45) is 5.41 Å². The molecule has 1 saturated heterocycles. The Labute approximate surface area is 294 Å². The van der Waals surface area contributed by atoms with Crippen molar-refractivity contribution < 1.29 is 27.6 Å². The SMILES string of the molecule is CC(=O)c1nn2c3c(cc(-c4cnc(C)nc4)cc13)CCCCCCCCC[C@@]13C[C@@H](C(=O)Nc4nc(C(F)(F)F)ccc4C)N(C(=O)C2)[C@@H]1C3. The Balaban J connectivity index is 1.27. The fraction of sp³-hybridized carbons (Fsp3) is 0.500. The molecule has 4 aromatic rings. The van der Waals surface area contributed by atoms with E-state index >= 15 is 0 Å². The van der Waals surface area contributed by atoms with Crippen LogP contribution in [0.4, 0.5) is 19.0 Å². The van der Waals surface area contributed by atoms with Crippen LogP contribution in [-0.4, -0.2) is 59.3 Å². The third-order valence-corrected chi connectivity index (χ3v) is 10.9. The van der Waals surface area contributed by atoms with Crippen LogP contribution >= 0.6 is 0 Å². The number of benzene rings is 1. The van der Waals surface area contributed by atoms with Crippen LogP contribution in [0.5, 0.6) is 0 Å². The zero-order valence-electron chi connectivity index (χ0n) is 29.1. The van der Waals surface area contributed by atoms with Crippen LogP contribution in [-0.2, 0) is 28.7 Å². The number of hydrogen-bond donors (Lipinski definition) is 1. The summed E-state index contributed by atoms with van der Waals surface area (Å²) in [7, 11) is 0. The molecule has 268 valence electrons. The lowest BCUT2D eigenvalue weighted by atomic mass is 9.92. The number of pyridine rings is 1. The van der Waals surface area contributed by atoms with Crippen molar-refractivity contribution in [1.29, 1.82) is 0 Å². The lowest BCUT2D eigenvalue weighted by Crippen LogP contribution is -2.47. The first-order valence-electron chi connectivity index (χ1n) is 17.8. The standard InChI is InChI=1S/C38H42F3N7O3/c1-22-12-13-30(38(39,40)41)44-35(22)45-36(51)29-17-37-14-10-8-6-4-5-7-9-11-25-15-26(27-19-42-24(3)43-20-27)16-28-33(23(2)49)46-47(34(25)28)21-32(50)48(29)31(37)18-37/h12-13,15-16,19-20,29,31H,4-11,14,17-18,21H2,1-3H3,(H,44,45,51)/t29-,31+,37-/m0/s1. The van der Waals surface area contributed by atoms with Gasteiger partial charge in [0.1, 0.15) is 35.6 Å². The molecule has 3 atom stereocenters. The van der Waals surface area contributed by atoms with E-state index in [0.29, 0.717) is 28.7 Å². The molecule has 2 bridgehead atoms. The lowest BCUT2D eigenvalue weighted by molar-refractivity contribution is -0.141. The van der Waals surface area contributed by atoms with E-state index in [0.717, 1.165) is 87.0 Å². The van der Waals surface area contributed by atoms with Gasteiger partial charge in [0.25, 0.3) is 0 Å². The van der Waals surface area contributed by atoms with Crippen molar-refractivity contribution >= 4 is 34.3 Å². The normalized spacial score (nSPS) is 22.8. The number of amides is 2. The van der Waals surface area contributed by atoms with Gasteiger partial charge in [-0.25, -0.2) is 15.0 Å². The molecule has 2 amide bonds. The van der Waals surface area contributed by atoms with Gasteiger partial charge in [-0.1, -0.05) is 44.6 Å². The Bertz CT molecular complexity index is 2010. The number of nitrogens with zero attached hydrogens (tertiary/aromatic N) is 6. The average Bonchev–Trinajstić information content (AvgIpc) is 3.48. The maximum Gasteiger partial charge on any atom is 0.433 e. The number of Topliss-reactive ketones (excluding diaryl/α,β-unsaturated/α-hetero) is 1. The van der Waals surface area contributed by atoms with E-state index in [1.165, 1.54) is 13.0 Å². The molecule has 3 aromatic heterocycles. The maximum absolute atomic E-state index is 14.4. The van der Waals surface area contributed by atoms with Gasteiger partial charge < -0.3 is 10.2 Å². The summed E-state index contributed by atoms with van der Waals surface area (Å²) < 4.78 is 42.1. The summed E-state index contributed by atoms with van der Waals surface area (Å²) in [4.78, 5) is 55.5. The summed E-state index contributed by atoms with van der Waals surface area (Å²) in [5, 5.41) is 7.99. The number of ketones is 1. The van der Waals surface area contributed by atoms with Crippen LogP contribution in [0.3, 0.4) is 0 Å². The largest absolute Gasteiger partial charge is 0.433 e. The summed E-state index contributed by atoms with van der Waals surface area (Å²) in [5.74, 6) is -0.636. The number of carbonyl (C=O) groups is 3. The Kier molecular flexibility index (Phi) is 9.17. The number of nitrogens with one attached hydrogen (secondary N) is 1. The fourth-order valence-electron chi connectivity index (χ4n) is 8.15. The molecule has 13 heteroatoms. The second-order valence-corrected chi connectivity index (χ2v) is 14.5. The summed E-state index contributed by atoms with van der Waals surface area (Å²) in [6, 6.07) is 5.10. The monoisotopic (exact) mass is 701 g/mol. The smallest absolute Gasteiger partial charge is 0.325 e. The second-order valence-electron chi connectivity index (χ2n) is 14.5. The number of carbonyl (C=O) groups excluding carboxylic acids is 3. The first kappa shape index (κ1) is 34.8. The number of piperidine rings is 1. The van der Waals surface area contributed by atoms with E-state index in [4.69, 9.17) is 5.10 Å². The van der Waals surface area contributed by atoms with Gasteiger partial charge in [0.2, 0.25) is 11.8 Å². The van der Waals surface area contributed by atoms with Gasteiger partial charge in [-0.3, -0.25) is 19.1 Å². The van der Waals surface area contributed by atoms with E-state index in [1.54, 1.807) is 28.9 Å². The van der Waals surface area contributed by atoms with Crippen LogP contribution in [0.15, 0.2) is 36.7 Å². The van der Waals surface area contributed by atoms with E-state index in [2.05, 4.69) is 26.3 Å². The third-order valence-electron chi connectivity index (χ3n) is 10.9. The topological polar surface area (TPSA) is 123 Å². The van der Waals surface area contributed by atoms with Gasteiger partial charge >= 0.3 is 6.18 Å². The van der Waals surface area contributed by atoms with E-state index in [1.807, 2.05) is 13.0 Å².